The summed E-state index contributed by atoms with van der Waals surface area (Å²) in [7, 11) is 0. The number of halogens is 1. The molecule has 86 valence electrons. The second kappa shape index (κ2) is 3.82. The Morgan fingerprint density at radius 2 is 2.19 bits per heavy atom. The molecule has 1 N–H and O–H groups in total. The smallest absolute Gasteiger partial charge is 0.231 e. The van der Waals surface area contributed by atoms with Crippen molar-refractivity contribution in [1.82, 2.24) is 5.32 Å². The number of ether oxygens (including phenoxy) is 2. The molecule has 0 spiro atoms. The van der Waals surface area contributed by atoms with Crippen molar-refractivity contribution >= 4 is 11.6 Å². The molecule has 1 aromatic carbocycles. The molecule has 0 bridgehead atoms. The topological polar surface area (TPSA) is 30.5 Å². The molecule has 1 atom stereocenters. The molecular formula is C12H14ClNO2. The van der Waals surface area contributed by atoms with Crippen molar-refractivity contribution in [3.8, 4) is 11.5 Å². The quantitative estimate of drug-likeness (QED) is 0.818. The minimum absolute atomic E-state index is 0.275. The summed E-state index contributed by atoms with van der Waals surface area (Å²) in [4.78, 5) is 0. The van der Waals surface area contributed by atoms with Gasteiger partial charge in [0.15, 0.2) is 11.5 Å². The molecule has 1 unspecified atom stereocenters. The van der Waals surface area contributed by atoms with Crippen LogP contribution in [0, 0.1) is 6.92 Å². The zero-order valence-electron chi connectivity index (χ0n) is 9.18. The lowest BCUT2D eigenvalue weighted by Crippen LogP contribution is -2.14. The van der Waals surface area contributed by atoms with E-state index >= 15 is 0 Å². The lowest BCUT2D eigenvalue weighted by molar-refractivity contribution is 0.173. The van der Waals surface area contributed by atoms with Crippen LogP contribution in [0.2, 0.25) is 5.02 Å². The van der Waals surface area contributed by atoms with Gasteiger partial charge in [-0.1, -0.05) is 11.6 Å². The van der Waals surface area contributed by atoms with Gasteiger partial charge in [-0.3, -0.25) is 0 Å². The van der Waals surface area contributed by atoms with Gasteiger partial charge in [0.2, 0.25) is 6.79 Å². The predicted molar refractivity (Wildman–Crippen MR) is 62.3 cm³/mol. The normalized spacial score (nSPS) is 22.8. The van der Waals surface area contributed by atoms with E-state index in [1.807, 2.05) is 6.07 Å². The Balaban J connectivity index is 2.08. The van der Waals surface area contributed by atoms with Crippen molar-refractivity contribution < 1.29 is 9.47 Å². The standard InChI is InChI=1S/C12H14ClNO2/c1-7-8(10-3-2-4-14-10)5-9(13)12-11(7)15-6-16-12/h5,10,14H,2-4,6H2,1H3. The van der Waals surface area contributed by atoms with Gasteiger partial charge >= 0.3 is 0 Å². The highest BCUT2D eigenvalue weighted by atomic mass is 35.5. The van der Waals surface area contributed by atoms with Crippen LogP contribution in [0.4, 0.5) is 0 Å². The molecule has 2 heterocycles. The second-order valence-corrected chi connectivity index (χ2v) is 4.69. The molecule has 0 amide bonds. The molecule has 16 heavy (non-hydrogen) atoms. The van der Waals surface area contributed by atoms with Crippen molar-refractivity contribution in [2.45, 2.75) is 25.8 Å². The first-order chi connectivity index (χ1) is 7.77. The zero-order chi connectivity index (χ0) is 11.1. The molecule has 2 aliphatic rings. The molecule has 4 heteroatoms. The third-order valence-electron chi connectivity index (χ3n) is 3.32. The van der Waals surface area contributed by atoms with Crippen LogP contribution in [0.25, 0.3) is 0 Å². The fraction of sp³-hybridized carbons (Fsp3) is 0.500. The van der Waals surface area contributed by atoms with E-state index in [1.165, 1.54) is 12.0 Å². The minimum Gasteiger partial charge on any atom is -0.453 e. The molecule has 1 saturated heterocycles. The van der Waals surface area contributed by atoms with E-state index in [1.54, 1.807) is 0 Å². The third-order valence-corrected chi connectivity index (χ3v) is 3.60. The first-order valence-corrected chi connectivity index (χ1v) is 5.97. The van der Waals surface area contributed by atoms with Crippen LogP contribution in [0.15, 0.2) is 6.07 Å². The fourth-order valence-corrected chi connectivity index (χ4v) is 2.75. The maximum Gasteiger partial charge on any atom is 0.231 e. The van der Waals surface area contributed by atoms with Crippen LogP contribution >= 0.6 is 11.6 Å². The summed E-state index contributed by atoms with van der Waals surface area (Å²) in [6.07, 6.45) is 2.38. The average molecular weight is 240 g/mol. The summed E-state index contributed by atoms with van der Waals surface area (Å²) in [6, 6.07) is 2.42. The van der Waals surface area contributed by atoms with Gasteiger partial charge in [0.05, 0.1) is 5.02 Å². The van der Waals surface area contributed by atoms with E-state index < -0.39 is 0 Å². The van der Waals surface area contributed by atoms with Gasteiger partial charge in [-0.15, -0.1) is 0 Å². The third kappa shape index (κ3) is 1.46. The number of nitrogens with one attached hydrogen (secondary N) is 1. The van der Waals surface area contributed by atoms with Crippen LogP contribution in [0.5, 0.6) is 11.5 Å². The van der Waals surface area contributed by atoms with E-state index in [4.69, 9.17) is 21.1 Å². The first kappa shape index (κ1) is 10.2. The molecule has 3 nitrogen and oxygen atoms in total. The van der Waals surface area contributed by atoms with Gasteiger partial charge in [-0.25, -0.2) is 0 Å². The van der Waals surface area contributed by atoms with Crippen molar-refractivity contribution in [2.24, 2.45) is 0 Å². The Morgan fingerprint density at radius 1 is 1.38 bits per heavy atom. The van der Waals surface area contributed by atoms with E-state index in [0.29, 0.717) is 16.8 Å². The van der Waals surface area contributed by atoms with Gasteiger partial charge in [0.1, 0.15) is 0 Å². The molecule has 0 aromatic heterocycles. The number of benzene rings is 1. The lowest BCUT2D eigenvalue weighted by atomic mass is 9.99. The van der Waals surface area contributed by atoms with Gasteiger partial charge < -0.3 is 14.8 Å². The van der Waals surface area contributed by atoms with Gasteiger partial charge in [0.25, 0.3) is 0 Å². The van der Waals surface area contributed by atoms with E-state index in [2.05, 4.69) is 12.2 Å². The number of fused-ring (bicyclic) bond motifs is 1. The van der Waals surface area contributed by atoms with Crippen molar-refractivity contribution in [3.05, 3.63) is 22.2 Å². The molecule has 2 aliphatic heterocycles. The number of hydrogen-bond acceptors (Lipinski definition) is 3. The summed E-state index contributed by atoms with van der Waals surface area (Å²) in [5.74, 6) is 1.51. The monoisotopic (exact) mass is 239 g/mol. The van der Waals surface area contributed by atoms with Crippen molar-refractivity contribution in [3.63, 3.8) is 0 Å². The van der Waals surface area contributed by atoms with Gasteiger partial charge in [-0.05, 0) is 43.5 Å². The summed E-state index contributed by atoms with van der Waals surface area (Å²) in [5.41, 5.74) is 2.39. The summed E-state index contributed by atoms with van der Waals surface area (Å²) in [5, 5.41) is 4.13. The minimum atomic E-state index is 0.275. The SMILES string of the molecule is Cc1c(C2CCCN2)cc(Cl)c2c1OCO2. The average Bonchev–Trinajstić information content (AvgIpc) is 2.92. The summed E-state index contributed by atoms with van der Waals surface area (Å²) >= 11 is 6.19. The van der Waals surface area contributed by atoms with Gasteiger partial charge in [0, 0.05) is 6.04 Å². The van der Waals surface area contributed by atoms with Gasteiger partial charge in [-0.2, -0.15) is 0 Å². The molecule has 0 aliphatic carbocycles. The second-order valence-electron chi connectivity index (χ2n) is 4.29. The molecule has 3 rings (SSSR count). The Hall–Kier alpha value is -0.930. The molecule has 0 saturated carbocycles. The van der Waals surface area contributed by atoms with Crippen molar-refractivity contribution in [2.75, 3.05) is 13.3 Å². The predicted octanol–water partition coefficient (Wildman–Crippen LogP) is 2.80. The maximum atomic E-state index is 6.19. The summed E-state index contributed by atoms with van der Waals surface area (Å²) < 4.78 is 10.8. The van der Waals surface area contributed by atoms with Crippen LogP contribution in [-0.4, -0.2) is 13.3 Å². The highest BCUT2D eigenvalue weighted by Gasteiger charge is 2.26. The number of rotatable bonds is 1. The molecule has 0 radical (unpaired) electrons. The Bertz CT molecular complexity index is 428. The van der Waals surface area contributed by atoms with Crippen LogP contribution in [-0.2, 0) is 0 Å². The Labute approximate surface area is 99.7 Å². The fourth-order valence-electron chi connectivity index (χ4n) is 2.49. The van der Waals surface area contributed by atoms with Crippen molar-refractivity contribution in [1.29, 1.82) is 0 Å². The lowest BCUT2D eigenvalue weighted by Gasteiger charge is -2.16. The summed E-state index contributed by atoms with van der Waals surface area (Å²) in [6.45, 7) is 3.42. The van der Waals surface area contributed by atoms with E-state index in [0.717, 1.165) is 24.3 Å². The van der Waals surface area contributed by atoms with E-state index in [9.17, 15) is 0 Å². The maximum absolute atomic E-state index is 6.19. The zero-order valence-corrected chi connectivity index (χ0v) is 9.93. The van der Waals surface area contributed by atoms with Crippen LogP contribution < -0.4 is 14.8 Å². The molecule has 1 aromatic rings. The molecule has 1 fully saturated rings. The Kier molecular flexibility index (Phi) is 2.45. The largest absolute Gasteiger partial charge is 0.453 e. The highest BCUT2D eigenvalue weighted by Crippen LogP contribution is 2.45. The Morgan fingerprint density at radius 3 is 2.94 bits per heavy atom. The van der Waals surface area contributed by atoms with Crippen LogP contribution in [0.3, 0.4) is 0 Å². The number of hydrogen-bond donors (Lipinski definition) is 1. The molecular weight excluding hydrogens is 226 g/mol. The van der Waals surface area contributed by atoms with E-state index in [-0.39, 0.29) is 6.79 Å². The van der Waals surface area contributed by atoms with Crippen LogP contribution in [0.1, 0.15) is 30.0 Å². The first-order valence-electron chi connectivity index (χ1n) is 5.59. The highest BCUT2D eigenvalue weighted by molar-refractivity contribution is 6.32.